The molecule has 5 heteroatoms. The van der Waals surface area contributed by atoms with Crippen molar-refractivity contribution in [3.05, 3.63) is 83.2 Å². The molecule has 0 atom stereocenters. The molecule has 2 aromatic carbocycles. The number of amides is 1. The maximum absolute atomic E-state index is 12.5. The molecule has 1 heterocycles. The van der Waals surface area contributed by atoms with Crippen molar-refractivity contribution in [2.24, 2.45) is 0 Å². The lowest BCUT2D eigenvalue weighted by atomic mass is 10.1. The lowest BCUT2D eigenvalue weighted by molar-refractivity contribution is 0.102. The van der Waals surface area contributed by atoms with Crippen molar-refractivity contribution in [3.8, 4) is 6.07 Å². The van der Waals surface area contributed by atoms with Gasteiger partial charge >= 0.3 is 0 Å². The van der Waals surface area contributed by atoms with Gasteiger partial charge in [-0.3, -0.25) is 9.78 Å². The maximum atomic E-state index is 12.5. The van der Waals surface area contributed by atoms with Gasteiger partial charge in [0.15, 0.2) is 0 Å². The second-order valence-corrected chi connectivity index (χ2v) is 6.02. The van der Waals surface area contributed by atoms with Crippen LogP contribution in [0.5, 0.6) is 0 Å². The zero-order valence-corrected chi connectivity index (χ0v) is 14.6. The van der Waals surface area contributed by atoms with Gasteiger partial charge in [0.1, 0.15) is 5.69 Å². The first-order valence-corrected chi connectivity index (χ1v) is 8.17. The Labute approximate surface area is 152 Å². The van der Waals surface area contributed by atoms with Gasteiger partial charge in [-0.1, -0.05) is 17.7 Å². The number of hydrogen-bond acceptors (Lipinski definition) is 4. The van der Waals surface area contributed by atoms with Crippen LogP contribution >= 0.6 is 0 Å². The zero-order chi connectivity index (χ0) is 18.5. The summed E-state index contributed by atoms with van der Waals surface area (Å²) in [6.45, 7) is 3.97. The Morgan fingerprint density at radius 3 is 2.46 bits per heavy atom. The first-order valence-electron chi connectivity index (χ1n) is 8.17. The van der Waals surface area contributed by atoms with Gasteiger partial charge in [-0.15, -0.1) is 0 Å². The van der Waals surface area contributed by atoms with Crippen LogP contribution in [0.25, 0.3) is 0 Å². The molecule has 1 aromatic heterocycles. The minimum absolute atomic E-state index is 0.263. The highest BCUT2D eigenvalue weighted by Crippen LogP contribution is 2.19. The summed E-state index contributed by atoms with van der Waals surface area (Å²) >= 11 is 0. The largest absolute Gasteiger partial charge is 0.355 e. The predicted molar refractivity (Wildman–Crippen MR) is 103 cm³/mol. The van der Waals surface area contributed by atoms with E-state index < -0.39 is 0 Å². The first-order chi connectivity index (χ1) is 12.5. The second kappa shape index (κ2) is 7.49. The van der Waals surface area contributed by atoms with E-state index >= 15 is 0 Å². The Bertz CT molecular complexity index is 988. The van der Waals surface area contributed by atoms with Crippen LogP contribution < -0.4 is 10.6 Å². The number of nitrogens with one attached hydrogen (secondary N) is 2. The molecule has 0 fully saturated rings. The Hall–Kier alpha value is -3.65. The van der Waals surface area contributed by atoms with Crippen molar-refractivity contribution in [2.75, 3.05) is 10.6 Å². The van der Waals surface area contributed by atoms with Crippen molar-refractivity contribution < 1.29 is 4.79 Å². The number of nitriles is 1. The van der Waals surface area contributed by atoms with E-state index in [1.807, 2.05) is 44.2 Å². The third-order valence-electron chi connectivity index (χ3n) is 3.93. The summed E-state index contributed by atoms with van der Waals surface area (Å²) < 4.78 is 0. The van der Waals surface area contributed by atoms with E-state index in [1.165, 1.54) is 0 Å². The van der Waals surface area contributed by atoms with Gasteiger partial charge in [-0.2, -0.15) is 5.26 Å². The number of aromatic nitrogens is 1. The first kappa shape index (κ1) is 17.2. The summed E-state index contributed by atoms with van der Waals surface area (Å²) in [5, 5.41) is 14.9. The number of aryl methyl sites for hydroxylation is 2. The lowest BCUT2D eigenvalue weighted by Gasteiger charge is -2.10. The zero-order valence-electron chi connectivity index (χ0n) is 14.6. The smallest absolute Gasteiger partial charge is 0.274 e. The van der Waals surface area contributed by atoms with Crippen LogP contribution in [-0.2, 0) is 0 Å². The standard InChI is InChI=1S/C21H18N4O/c1-14-3-8-19(15(2)11-14)25-21(26)20-12-18(9-10-23-20)24-17-6-4-16(13-22)5-7-17/h3-12H,1-2H3,(H,23,24)(H,25,26). The van der Waals surface area contributed by atoms with E-state index in [4.69, 9.17) is 5.26 Å². The third-order valence-corrected chi connectivity index (χ3v) is 3.93. The third kappa shape index (κ3) is 4.05. The van der Waals surface area contributed by atoms with Gasteiger partial charge in [-0.25, -0.2) is 0 Å². The SMILES string of the molecule is Cc1ccc(NC(=O)c2cc(Nc3ccc(C#N)cc3)ccn2)c(C)c1. The van der Waals surface area contributed by atoms with Crippen molar-refractivity contribution >= 4 is 23.0 Å². The lowest BCUT2D eigenvalue weighted by Crippen LogP contribution is -2.14. The van der Waals surface area contributed by atoms with E-state index in [2.05, 4.69) is 21.7 Å². The predicted octanol–water partition coefficient (Wildman–Crippen LogP) is 4.57. The molecule has 0 aliphatic rings. The summed E-state index contributed by atoms with van der Waals surface area (Å²) in [6.07, 6.45) is 1.59. The van der Waals surface area contributed by atoms with E-state index in [1.54, 1.807) is 30.5 Å². The maximum Gasteiger partial charge on any atom is 0.274 e. The minimum Gasteiger partial charge on any atom is -0.355 e. The molecule has 0 spiro atoms. The number of hydrogen-bond donors (Lipinski definition) is 2. The minimum atomic E-state index is -0.263. The molecule has 0 radical (unpaired) electrons. The van der Waals surface area contributed by atoms with Crippen molar-refractivity contribution in [3.63, 3.8) is 0 Å². The Balaban J connectivity index is 1.75. The normalized spacial score (nSPS) is 10.0. The highest BCUT2D eigenvalue weighted by atomic mass is 16.1. The highest BCUT2D eigenvalue weighted by Gasteiger charge is 2.10. The van der Waals surface area contributed by atoms with Crippen molar-refractivity contribution in [1.29, 1.82) is 5.26 Å². The molecule has 26 heavy (non-hydrogen) atoms. The molecule has 3 rings (SSSR count). The topological polar surface area (TPSA) is 77.8 Å². The van der Waals surface area contributed by atoms with Gasteiger partial charge < -0.3 is 10.6 Å². The number of anilines is 3. The summed E-state index contributed by atoms with van der Waals surface area (Å²) in [6, 6.07) is 18.5. The van der Waals surface area contributed by atoms with Gasteiger partial charge in [0.25, 0.3) is 5.91 Å². The number of nitrogens with zero attached hydrogens (tertiary/aromatic N) is 2. The van der Waals surface area contributed by atoms with Crippen LogP contribution in [0.15, 0.2) is 60.8 Å². The van der Waals surface area contributed by atoms with E-state index in [0.29, 0.717) is 11.3 Å². The van der Waals surface area contributed by atoms with Crippen LogP contribution in [0.4, 0.5) is 17.1 Å². The van der Waals surface area contributed by atoms with Gasteiger partial charge in [0.2, 0.25) is 0 Å². The van der Waals surface area contributed by atoms with E-state index in [-0.39, 0.29) is 5.91 Å². The monoisotopic (exact) mass is 342 g/mol. The fraction of sp³-hybridized carbons (Fsp3) is 0.0952. The average Bonchev–Trinajstić information content (AvgIpc) is 2.65. The Morgan fingerprint density at radius 2 is 1.77 bits per heavy atom. The number of rotatable bonds is 4. The summed E-state index contributed by atoms with van der Waals surface area (Å²) in [5.74, 6) is -0.263. The molecule has 0 bridgehead atoms. The molecule has 5 nitrogen and oxygen atoms in total. The Kier molecular flexibility index (Phi) is 4.95. The summed E-state index contributed by atoms with van der Waals surface area (Å²) in [7, 11) is 0. The number of carbonyl (C=O) groups excluding carboxylic acids is 1. The molecule has 0 saturated carbocycles. The van der Waals surface area contributed by atoms with Crippen molar-refractivity contribution in [1.82, 2.24) is 4.98 Å². The van der Waals surface area contributed by atoms with Crippen LogP contribution in [-0.4, -0.2) is 10.9 Å². The van der Waals surface area contributed by atoms with E-state index in [0.717, 1.165) is 28.2 Å². The van der Waals surface area contributed by atoms with Gasteiger partial charge in [-0.05, 0) is 61.9 Å². The van der Waals surface area contributed by atoms with Crippen LogP contribution in [0.1, 0.15) is 27.2 Å². The highest BCUT2D eigenvalue weighted by molar-refractivity contribution is 6.03. The van der Waals surface area contributed by atoms with Crippen molar-refractivity contribution in [2.45, 2.75) is 13.8 Å². The fourth-order valence-electron chi connectivity index (χ4n) is 2.57. The molecule has 1 amide bonds. The summed E-state index contributed by atoms with van der Waals surface area (Å²) in [5.41, 5.74) is 5.42. The molecule has 0 unspecified atom stereocenters. The number of carbonyl (C=O) groups is 1. The van der Waals surface area contributed by atoms with Crippen LogP contribution in [0, 0.1) is 25.2 Å². The second-order valence-electron chi connectivity index (χ2n) is 6.02. The van der Waals surface area contributed by atoms with E-state index in [9.17, 15) is 4.79 Å². The molecule has 0 aliphatic heterocycles. The molecular formula is C21H18N4O. The molecular weight excluding hydrogens is 324 g/mol. The molecule has 3 aromatic rings. The van der Waals surface area contributed by atoms with Gasteiger partial charge in [0, 0.05) is 23.3 Å². The van der Waals surface area contributed by atoms with Crippen LogP contribution in [0.3, 0.4) is 0 Å². The summed E-state index contributed by atoms with van der Waals surface area (Å²) in [4.78, 5) is 16.7. The number of pyridine rings is 1. The molecule has 0 saturated heterocycles. The fourth-order valence-corrected chi connectivity index (χ4v) is 2.57. The average molecular weight is 342 g/mol. The molecule has 2 N–H and O–H groups in total. The molecule has 0 aliphatic carbocycles. The van der Waals surface area contributed by atoms with Gasteiger partial charge in [0.05, 0.1) is 11.6 Å². The van der Waals surface area contributed by atoms with Crippen LogP contribution in [0.2, 0.25) is 0 Å². The quantitative estimate of drug-likeness (QED) is 0.728. The molecule has 128 valence electrons. The number of benzene rings is 2. The Morgan fingerprint density at radius 1 is 1.00 bits per heavy atom.